The second kappa shape index (κ2) is 4.27. The van der Waals surface area contributed by atoms with Crippen LogP contribution in [0.5, 0.6) is 0 Å². The summed E-state index contributed by atoms with van der Waals surface area (Å²) in [7, 11) is 0. The molecular formula is C11H15ClO3. The molecule has 0 aliphatic rings. The molecule has 0 aliphatic carbocycles. The highest BCUT2D eigenvalue weighted by molar-refractivity contribution is 6.28. The Morgan fingerprint density at radius 1 is 1.53 bits per heavy atom. The lowest BCUT2D eigenvalue weighted by Gasteiger charge is -2.27. The van der Waals surface area contributed by atoms with Crippen molar-refractivity contribution in [3.8, 4) is 0 Å². The fourth-order valence-electron chi connectivity index (χ4n) is 1.52. The lowest BCUT2D eigenvalue weighted by molar-refractivity contribution is -0.138. The maximum absolute atomic E-state index is 10.8. The minimum Gasteiger partial charge on any atom is -0.481 e. The van der Waals surface area contributed by atoms with Gasteiger partial charge in [-0.1, -0.05) is 20.8 Å². The lowest BCUT2D eigenvalue weighted by atomic mass is 9.77. The van der Waals surface area contributed by atoms with Crippen molar-refractivity contribution in [1.29, 1.82) is 0 Å². The van der Waals surface area contributed by atoms with Crippen molar-refractivity contribution >= 4 is 17.6 Å². The fraction of sp³-hybridized carbons (Fsp3) is 0.545. The average molecular weight is 231 g/mol. The number of furan rings is 1. The molecule has 0 aromatic carbocycles. The molecule has 1 aromatic heterocycles. The van der Waals surface area contributed by atoms with Gasteiger partial charge in [-0.2, -0.15) is 0 Å². The van der Waals surface area contributed by atoms with Crippen LogP contribution in [0, 0.1) is 5.41 Å². The molecule has 1 N–H and O–H groups in total. The number of rotatable bonds is 3. The minimum atomic E-state index is -0.831. The molecule has 1 aromatic rings. The maximum Gasteiger partial charge on any atom is 0.304 e. The quantitative estimate of drug-likeness (QED) is 0.864. The lowest BCUT2D eigenvalue weighted by Crippen LogP contribution is -2.21. The zero-order valence-electron chi connectivity index (χ0n) is 9.08. The van der Waals surface area contributed by atoms with Crippen LogP contribution in [0.3, 0.4) is 0 Å². The molecule has 0 spiro atoms. The summed E-state index contributed by atoms with van der Waals surface area (Å²) < 4.78 is 5.28. The molecule has 1 rings (SSSR count). The summed E-state index contributed by atoms with van der Waals surface area (Å²) in [5.41, 5.74) is -0.167. The Kier molecular flexibility index (Phi) is 3.45. The minimum absolute atomic E-state index is 0.0490. The van der Waals surface area contributed by atoms with E-state index in [2.05, 4.69) is 0 Å². The predicted octanol–water partition coefficient (Wildman–Crippen LogP) is 3.54. The van der Waals surface area contributed by atoms with Gasteiger partial charge in [-0.05, 0) is 29.1 Å². The summed E-state index contributed by atoms with van der Waals surface area (Å²) in [6.07, 6.45) is 0.0490. The molecular weight excluding hydrogens is 216 g/mol. The van der Waals surface area contributed by atoms with Crippen LogP contribution in [0.4, 0.5) is 0 Å². The number of halogens is 1. The highest BCUT2D eigenvalue weighted by atomic mass is 35.5. The Labute approximate surface area is 94.0 Å². The first-order valence-corrected chi connectivity index (χ1v) is 5.15. The van der Waals surface area contributed by atoms with E-state index < -0.39 is 5.97 Å². The SMILES string of the molecule is CC(C)(C)C(CC(=O)O)c1ccc(Cl)o1. The summed E-state index contributed by atoms with van der Waals surface area (Å²) in [4.78, 5) is 10.8. The number of hydrogen-bond donors (Lipinski definition) is 1. The van der Waals surface area contributed by atoms with Crippen molar-refractivity contribution in [2.45, 2.75) is 33.1 Å². The standard InChI is InChI=1S/C11H15ClO3/c1-11(2,3)7(6-10(13)14)8-4-5-9(12)15-8/h4-5,7H,6H2,1-3H3,(H,13,14). The van der Waals surface area contributed by atoms with Gasteiger partial charge >= 0.3 is 5.97 Å². The van der Waals surface area contributed by atoms with Crippen molar-refractivity contribution in [3.63, 3.8) is 0 Å². The molecule has 0 fully saturated rings. The smallest absolute Gasteiger partial charge is 0.304 e. The van der Waals surface area contributed by atoms with E-state index in [4.69, 9.17) is 21.1 Å². The van der Waals surface area contributed by atoms with Gasteiger partial charge in [-0.3, -0.25) is 4.79 Å². The third kappa shape index (κ3) is 3.27. The molecule has 0 saturated carbocycles. The molecule has 3 nitrogen and oxygen atoms in total. The van der Waals surface area contributed by atoms with Crippen LogP contribution in [0.25, 0.3) is 0 Å². The molecule has 0 saturated heterocycles. The van der Waals surface area contributed by atoms with E-state index in [-0.39, 0.29) is 17.8 Å². The van der Waals surface area contributed by atoms with Crippen LogP contribution in [-0.2, 0) is 4.79 Å². The molecule has 4 heteroatoms. The van der Waals surface area contributed by atoms with E-state index in [1.807, 2.05) is 20.8 Å². The Morgan fingerprint density at radius 2 is 2.13 bits per heavy atom. The zero-order chi connectivity index (χ0) is 11.6. The average Bonchev–Trinajstić information content (AvgIpc) is 2.45. The Balaban J connectivity index is 2.96. The molecule has 1 unspecified atom stereocenters. The van der Waals surface area contributed by atoms with Crippen molar-refractivity contribution in [1.82, 2.24) is 0 Å². The maximum atomic E-state index is 10.8. The third-order valence-corrected chi connectivity index (χ3v) is 2.56. The topological polar surface area (TPSA) is 50.4 Å². The second-order valence-electron chi connectivity index (χ2n) is 4.66. The number of aliphatic carboxylic acids is 1. The molecule has 0 amide bonds. The van der Waals surface area contributed by atoms with E-state index in [9.17, 15) is 4.79 Å². The van der Waals surface area contributed by atoms with Crippen LogP contribution < -0.4 is 0 Å². The van der Waals surface area contributed by atoms with Crippen LogP contribution in [0.1, 0.15) is 38.9 Å². The highest BCUT2D eigenvalue weighted by Gasteiger charge is 2.30. The van der Waals surface area contributed by atoms with Crippen LogP contribution in [0.15, 0.2) is 16.5 Å². The van der Waals surface area contributed by atoms with Crippen molar-refractivity contribution in [2.24, 2.45) is 5.41 Å². The molecule has 0 radical (unpaired) electrons. The van der Waals surface area contributed by atoms with Crippen molar-refractivity contribution < 1.29 is 14.3 Å². The van der Waals surface area contributed by atoms with Gasteiger partial charge in [0, 0.05) is 5.92 Å². The Hall–Kier alpha value is -0.960. The van der Waals surface area contributed by atoms with Gasteiger partial charge in [0.05, 0.1) is 6.42 Å². The largest absolute Gasteiger partial charge is 0.481 e. The first-order chi connectivity index (χ1) is 6.80. The van der Waals surface area contributed by atoms with Gasteiger partial charge in [0.15, 0.2) is 5.22 Å². The highest BCUT2D eigenvalue weighted by Crippen LogP contribution is 2.38. The normalized spacial score (nSPS) is 13.9. The van der Waals surface area contributed by atoms with Gasteiger partial charge in [0.1, 0.15) is 5.76 Å². The van der Waals surface area contributed by atoms with E-state index in [0.717, 1.165) is 0 Å². The number of carbonyl (C=O) groups is 1. The number of carboxylic acids is 1. The summed E-state index contributed by atoms with van der Waals surface area (Å²) in [6.45, 7) is 5.95. The summed E-state index contributed by atoms with van der Waals surface area (Å²) in [5.74, 6) is -0.361. The van der Waals surface area contributed by atoms with Gasteiger partial charge in [-0.15, -0.1) is 0 Å². The van der Waals surface area contributed by atoms with Crippen LogP contribution >= 0.6 is 11.6 Å². The van der Waals surface area contributed by atoms with E-state index in [1.54, 1.807) is 12.1 Å². The first kappa shape index (κ1) is 12.1. The Morgan fingerprint density at radius 3 is 2.47 bits per heavy atom. The molecule has 1 atom stereocenters. The monoisotopic (exact) mass is 230 g/mol. The van der Waals surface area contributed by atoms with Gasteiger partial charge in [-0.25, -0.2) is 0 Å². The first-order valence-electron chi connectivity index (χ1n) is 4.77. The fourth-order valence-corrected chi connectivity index (χ4v) is 1.68. The van der Waals surface area contributed by atoms with E-state index in [0.29, 0.717) is 11.0 Å². The van der Waals surface area contributed by atoms with Crippen molar-refractivity contribution in [3.05, 3.63) is 23.1 Å². The predicted molar refractivity (Wildman–Crippen MR) is 58.2 cm³/mol. The number of hydrogen-bond acceptors (Lipinski definition) is 2. The molecule has 0 aliphatic heterocycles. The van der Waals surface area contributed by atoms with Crippen LogP contribution in [-0.4, -0.2) is 11.1 Å². The summed E-state index contributed by atoms with van der Waals surface area (Å²) in [6, 6.07) is 3.37. The molecule has 15 heavy (non-hydrogen) atoms. The summed E-state index contributed by atoms with van der Waals surface area (Å²) >= 11 is 5.68. The molecule has 1 heterocycles. The van der Waals surface area contributed by atoms with Gasteiger partial charge in [0.2, 0.25) is 0 Å². The molecule has 84 valence electrons. The summed E-state index contributed by atoms with van der Waals surface area (Å²) in [5, 5.41) is 9.14. The number of carboxylic acid groups (broad SMARTS) is 1. The van der Waals surface area contributed by atoms with Crippen molar-refractivity contribution in [2.75, 3.05) is 0 Å². The third-order valence-electron chi connectivity index (χ3n) is 2.36. The van der Waals surface area contributed by atoms with Gasteiger partial charge in [0.25, 0.3) is 0 Å². The van der Waals surface area contributed by atoms with Gasteiger partial charge < -0.3 is 9.52 Å². The molecule has 0 bridgehead atoms. The second-order valence-corrected chi connectivity index (χ2v) is 5.03. The van der Waals surface area contributed by atoms with E-state index in [1.165, 1.54) is 0 Å². The van der Waals surface area contributed by atoms with E-state index >= 15 is 0 Å². The Bertz CT molecular complexity index is 349. The zero-order valence-corrected chi connectivity index (χ0v) is 9.84. The van der Waals surface area contributed by atoms with Crippen LogP contribution in [0.2, 0.25) is 5.22 Å².